The predicted molar refractivity (Wildman–Crippen MR) is 134 cm³/mol. The summed E-state index contributed by atoms with van der Waals surface area (Å²) in [7, 11) is 0. The molecule has 0 heterocycles. The number of halogens is 1. The number of rotatable bonds is 10. The number of aliphatic hydroxyl groups is 2. The maximum absolute atomic E-state index is 17.4. The molecule has 0 aromatic heterocycles. The van der Waals surface area contributed by atoms with Gasteiger partial charge >= 0.3 is 5.97 Å². The lowest BCUT2D eigenvalue weighted by Gasteiger charge is -2.62. The van der Waals surface area contributed by atoms with Crippen molar-refractivity contribution in [3.8, 4) is 0 Å². The van der Waals surface area contributed by atoms with Crippen LogP contribution in [-0.2, 0) is 24.0 Å². The molecule has 4 aliphatic carbocycles. The number of aliphatic hydroxyl groups excluding tert-OH is 2. The maximum atomic E-state index is 17.4. The number of ether oxygens (including phenoxy) is 1. The minimum atomic E-state index is -2.08. The molecule has 0 radical (unpaired) electrons. The number of allylic oxidation sites excluding steroid dienone is 4. The zero-order valence-electron chi connectivity index (χ0n) is 22.8. The van der Waals surface area contributed by atoms with E-state index in [1.165, 1.54) is 12.2 Å². The Kier molecular flexibility index (Phi) is 8.26. The molecule has 3 saturated carbocycles. The summed E-state index contributed by atoms with van der Waals surface area (Å²) in [5, 5.41) is 38.3. The molecule has 11 heteroatoms. The second-order valence-electron chi connectivity index (χ2n) is 12.1. The van der Waals surface area contributed by atoms with Crippen LogP contribution in [0.5, 0.6) is 0 Å². The summed E-state index contributed by atoms with van der Waals surface area (Å²) >= 11 is 0. The predicted octanol–water partition coefficient (Wildman–Crippen LogP) is 3.02. The first-order valence-electron chi connectivity index (χ1n) is 13.8. The van der Waals surface area contributed by atoms with Crippen LogP contribution in [0.1, 0.15) is 72.1 Å². The van der Waals surface area contributed by atoms with E-state index in [0.29, 0.717) is 44.1 Å². The molecule has 0 aliphatic heterocycles. The number of Topliss-reactive ketones (excluding diaryl/α,β-unsaturated/α-hetero) is 1. The molecule has 2 unspecified atom stereocenters. The van der Waals surface area contributed by atoms with Crippen LogP contribution in [0.2, 0.25) is 0 Å². The molecule has 0 aromatic carbocycles. The molecule has 218 valence electrons. The van der Waals surface area contributed by atoms with E-state index in [-0.39, 0.29) is 30.6 Å². The standard InChI is InChI=1S/C28H40FNO9/c1-17-13-21-20-9-8-18-14-19(32)10-11-25(18,2)27(20,29)22(33)15-26(21,3)28(17,23(34)16-31)39-24(35)7-5-4-6-12-38-30(36)37/h10-11,14,17,20-22,31,33,36-37H,4-9,12-13,15-16H2,1-3H3/t17-,20?,21?,22+,25+,26+,27+,28+/m1/s1. The summed E-state index contributed by atoms with van der Waals surface area (Å²) in [6, 6.07) is 0. The minimum Gasteiger partial charge on any atom is -0.450 e. The Morgan fingerprint density at radius 2 is 1.90 bits per heavy atom. The van der Waals surface area contributed by atoms with E-state index in [4.69, 9.17) is 15.2 Å². The molecular formula is C28H40FNO9. The highest BCUT2D eigenvalue weighted by molar-refractivity contribution is 6.01. The van der Waals surface area contributed by atoms with E-state index in [1.807, 2.05) is 0 Å². The maximum Gasteiger partial charge on any atom is 0.306 e. The van der Waals surface area contributed by atoms with Crippen LogP contribution in [-0.4, -0.2) is 74.1 Å². The van der Waals surface area contributed by atoms with E-state index in [1.54, 1.807) is 26.8 Å². The number of ketones is 2. The van der Waals surface area contributed by atoms with E-state index in [2.05, 4.69) is 4.84 Å². The minimum absolute atomic E-state index is 0.0139. The normalized spacial score (nSPS) is 41.1. The Morgan fingerprint density at radius 1 is 1.18 bits per heavy atom. The van der Waals surface area contributed by atoms with Crippen molar-refractivity contribution in [1.82, 2.24) is 5.39 Å². The number of carbonyl (C=O) groups is 3. The van der Waals surface area contributed by atoms with Gasteiger partial charge in [-0.3, -0.25) is 29.6 Å². The Bertz CT molecular complexity index is 1060. The summed E-state index contributed by atoms with van der Waals surface area (Å²) in [5.41, 5.74) is -5.45. The first-order chi connectivity index (χ1) is 18.3. The van der Waals surface area contributed by atoms with Crippen LogP contribution in [0.15, 0.2) is 23.8 Å². The van der Waals surface area contributed by atoms with Crippen molar-refractivity contribution in [3.63, 3.8) is 0 Å². The number of alkyl halides is 1. The number of fused-ring (bicyclic) bond motifs is 5. The van der Waals surface area contributed by atoms with Gasteiger partial charge in [-0.1, -0.05) is 31.9 Å². The molecule has 4 aliphatic rings. The summed E-state index contributed by atoms with van der Waals surface area (Å²) in [6.45, 7) is 4.44. The van der Waals surface area contributed by atoms with Crippen molar-refractivity contribution in [2.45, 2.75) is 89.5 Å². The summed E-state index contributed by atoms with van der Waals surface area (Å²) in [6.07, 6.45) is 5.33. The molecule has 4 rings (SSSR count). The van der Waals surface area contributed by atoms with Gasteiger partial charge in [0.1, 0.15) is 6.61 Å². The molecular weight excluding hydrogens is 513 g/mol. The highest BCUT2D eigenvalue weighted by atomic mass is 19.1. The molecule has 0 aromatic rings. The summed E-state index contributed by atoms with van der Waals surface area (Å²) in [5.74, 6) is -3.07. The number of hydrogen-bond acceptors (Lipinski definition) is 10. The number of esters is 1. The average molecular weight is 554 g/mol. The lowest BCUT2D eigenvalue weighted by Crippen LogP contribution is -2.70. The molecule has 39 heavy (non-hydrogen) atoms. The van der Waals surface area contributed by atoms with Gasteiger partial charge in [0.2, 0.25) is 5.78 Å². The molecule has 8 atom stereocenters. The van der Waals surface area contributed by atoms with Crippen molar-refractivity contribution in [1.29, 1.82) is 0 Å². The first-order valence-corrected chi connectivity index (χ1v) is 13.8. The van der Waals surface area contributed by atoms with Gasteiger partial charge in [-0.05, 0) is 63.5 Å². The highest BCUT2D eigenvalue weighted by Gasteiger charge is 2.77. The van der Waals surface area contributed by atoms with E-state index >= 15 is 4.39 Å². The largest absolute Gasteiger partial charge is 0.450 e. The highest BCUT2D eigenvalue weighted by Crippen LogP contribution is 2.71. The zero-order valence-corrected chi connectivity index (χ0v) is 22.8. The Labute approximate surface area is 227 Å². The van der Waals surface area contributed by atoms with Crippen LogP contribution >= 0.6 is 0 Å². The van der Waals surface area contributed by atoms with Crippen LogP contribution < -0.4 is 0 Å². The van der Waals surface area contributed by atoms with Gasteiger partial charge in [-0.25, -0.2) is 4.39 Å². The van der Waals surface area contributed by atoms with Gasteiger partial charge in [0, 0.05) is 29.1 Å². The monoisotopic (exact) mass is 553 g/mol. The Morgan fingerprint density at radius 3 is 2.56 bits per heavy atom. The fourth-order valence-corrected chi connectivity index (χ4v) is 8.44. The molecule has 4 N–H and O–H groups in total. The van der Waals surface area contributed by atoms with Gasteiger partial charge < -0.3 is 14.9 Å². The second-order valence-corrected chi connectivity index (χ2v) is 12.1. The Balaban J connectivity index is 1.61. The van der Waals surface area contributed by atoms with Gasteiger partial charge in [0.05, 0.1) is 18.1 Å². The average Bonchev–Trinajstić information content (AvgIpc) is 3.08. The smallest absolute Gasteiger partial charge is 0.306 e. The number of hydrogen-bond donors (Lipinski definition) is 4. The molecule has 3 fully saturated rings. The number of carbonyl (C=O) groups excluding carboxylic acids is 3. The fourth-order valence-electron chi connectivity index (χ4n) is 8.44. The molecule has 0 bridgehead atoms. The van der Waals surface area contributed by atoms with Gasteiger partial charge in [-0.2, -0.15) is 0 Å². The van der Waals surface area contributed by atoms with Crippen molar-refractivity contribution >= 4 is 17.5 Å². The van der Waals surface area contributed by atoms with E-state index < -0.39 is 64.3 Å². The number of nitrogens with zero attached hydrogens (tertiary/aromatic N) is 1. The van der Waals surface area contributed by atoms with Crippen LogP contribution in [0.3, 0.4) is 0 Å². The van der Waals surface area contributed by atoms with Gasteiger partial charge in [-0.15, -0.1) is 0 Å². The van der Waals surface area contributed by atoms with Gasteiger partial charge in [0.15, 0.2) is 17.1 Å². The van der Waals surface area contributed by atoms with E-state index in [0.717, 1.165) is 0 Å². The molecule has 0 spiro atoms. The third-order valence-electron chi connectivity index (χ3n) is 10.2. The van der Waals surface area contributed by atoms with Crippen molar-refractivity contribution in [2.75, 3.05) is 13.2 Å². The SMILES string of the molecule is C[C@@H]1CC2C3CCC4=CC(=O)C=C[C@]4(C)[C@@]3(F)[C@@H](O)C[C@]2(C)[C@@]1(OC(=O)CCCCCON(O)O)C(=O)CO. The lowest BCUT2D eigenvalue weighted by atomic mass is 9.44. The number of unbranched alkanes of at least 4 members (excludes halogenated alkanes) is 2. The van der Waals surface area contributed by atoms with Crippen molar-refractivity contribution in [2.24, 2.45) is 28.6 Å². The molecule has 0 amide bonds. The topological polar surface area (TPSA) is 154 Å². The first kappa shape index (κ1) is 30.0. The van der Waals surface area contributed by atoms with Crippen LogP contribution in [0, 0.1) is 28.6 Å². The van der Waals surface area contributed by atoms with Gasteiger partial charge in [0.25, 0.3) is 0 Å². The fraction of sp³-hybridized carbons (Fsp3) is 0.750. The Hall–Kier alpha value is -2.02. The third-order valence-corrected chi connectivity index (χ3v) is 10.2. The summed E-state index contributed by atoms with van der Waals surface area (Å²) < 4.78 is 23.4. The second kappa shape index (κ2) is 10.8. The third kappa shape index (κ3) is 4.51. The lowest BCUT2D eigenvalue weighted by molar-refractivity contribution is -0.492. The molecule has 10 nitrogen and oxygen atoms in total. The quantitative estimate of drug-likeness (QED) is 0.180. The van der Waals surface area contributed by atoms with E-state index in [9.17, 15) is 24.6 Å². The van der Waals surface area contributed by atoms with Crippen molar-refractivity contribution < 1.29 is 49.0 Å². The summed E-state index contributed by atoms with van der Waals surface area (Å²) in [4.78, 5) is 43.1. The molecule has 0 saturated heterocycles. The van der Waals surface area contributed by atoms with Crippen LogP contribution in [0.25, 0.3) is 0 Å². The van der Waals surface area contributed by atoms with Crippen molar-refractivity contribution in [3.05, 3.63) is 23.8 Å². The zero-order chi connectivity index (χ0) is 28.8. The van der Waals surface area contributed by atoms with Crippen LogP contribution in [0.4, 0.5) is 4.39 Å².